The van der Waals surface area contributed by atoms with E-state index in [2.05, 4.69) is 5.32 Å². The Morgan fingerprint density at radius 3 is 2.52 bits per heavy atom. The molecule has 2 rings (SSSR count). The van der Waals surface area contributed by atoms with E-state index in [-0.39, 0.29) is 5.91 Å². The highest BCUT2D eigenvalue weighted by Gasteiger charge is 2.14. The van der Waals surface area contributed by atoms with Crippen molar-refractivity contribution < 1.29 is 14.3 Å². The predicted molar refractivity (Wildman–Crippen MR) is 82.0 cm³/mol. The fourth-order valence-corrected chi connectivity index (χ4v) is 1.92. The van der Waals surface area contributed by atoms with E-state index in [0.29, 0.717) is 28.5 Å². The molecule has 5 nitrogen and oxygen atoms in total. The monoisotopic (exact) mass is 286 g/mol. The zero-order valence-corrected chi connectivity index (χ0v) is 12.3. The van der Waals surface area contributed by atoms with E-state index >= 15 is 0 Å². The Bertz CT molecular complexity index is 669. The molecule has 0 spiro atoms. The van der Waals surface area contributed by atoms with Crippen LogP contribution in [-0.4, -0.2) is 20.1 Å². The van der Waals surface area contributed by atoms with Gasteiger partial charge in [0.1, 0.15) is 5.75 Å². The number of methoxy groups -OCH3 is 1. The second-order valence-electron chi connectivity index (χ2n) is 4.59. The van der Waals surface area contributed by atoms with E-state index in [1.807, 2.05) is 19.1 Å². The molecule has 0 heterocycles. The second-order valence-corrected chi connectivity index (χ2v) is 4.59. The van der Waals surface area contributed by atoms with Crippen LogP contribution in [0.5, 0.6) is 17.2 Å². The van der Waals surface area contributed by atoms with Gasteiger partial charge < -0.3 is 20.5 Å². The maximum Gasteiger partial charge on any atom is 0.254 e. The molecule has 0 aromatic heterocycles. The number of nitrogens with two attached hydrogens (primary N) is 1. The zero-order valence-electron chi connectivity index (χ0n) is 12.3. The summed E-state index contributed by atoms with van der Waals surface area (Å²) in [6, 6.07) is 10.5. The number of aryl methyl sites for hydroxylation is 1. The minimum absolute atomic E-state index is 0.240. The van der Waals surface area contributed by atoms with E-state index < -0.39 is 0 Å². The van der Waals surface area contributed by atoms with Gasteiger partial charge in [-0.1, -0.05) is 6.07 Å². The lowest BCUT2D eigenvalue weighted by Crippen LogP contribution is -2.18. The lowest BCUT2D eigenvalue weighted by atomic mass is 10.1. The van der Waals surface area contributed by atoms with Crippen LogP contribution in [0.15, 0.2) is 36.4 Å². The van der Waals surface area contributed by atoms with Crippen LogP contribution < -0.4 is 20.5 Å². The van der Waals surface area contributed by atoms with E-state index in [1.54, 1.807) is 38.4 Å². The summed E-state index contributed by atoms with van der Waals surface area (Å²) in [6.45, 7) is 1.96. The molecule has 0 unspecified atom stereocenters. The van der Waals surface area contributed by atoms with Crippen LogP contribution in [0.25, 0.3) is 0 Å². The molecular formula is C16H18N2O3. The van der Waals surface area contributed by atoms with Crippen molar-refractivity contribution >= 4 is 11.6 Å². The molecule has 21 heavy (non-hydrogen) atoms. The van der Waals surface area contributed by atoms with Crippen molar-refractivity contribution in [2.24, 2.45) is 0 Å². The van der Waals surface area contributed by atoms with E-state index in [9.17, 15) is 4.79 Å². The number of ether oxygens (including phenoxy) is 2. The molecule has 0 saturated carbocycles. The fraction of sp³-hybridized carbons (Fsp3) is 0.188. The Morgan fingerprint density at radius 1 is 1.10 bits per heavy atom. The van der Waals surface area contributed by atoms with Crippen molar-refractivity contribution in [3.63, 3.8) is 0 Å². The lowest BCUT2D eigenvalue weighted by molar-refractivity contribution is 0.0961. The highest BCUT2D eigenvalue weighted by molar-refractivity contribution is 5.97. The first-order valence-electron chi connectivity index (χ1n) is 6.49. The van der Waals surface area contributed by atoms with E-state index in [1.165, 1.54) is 0 Å². The summed E-state index contributed by atoms with van der Waals surface area (Å²) in [5, 5.41) is 2.57. The maximum absolute atomic E-state index is 11.9. The highest BCUT2D eigenvalue weighted by atomic mass is 16.5. The summed E-state index contributed by atoms with van der Waals surface area (Å²) < 4.78 is 11.1. The predicted octanol–water partition coefficient (Wildman–Crippen LogP) is 2.74. The van der Waals surface area contributed by atoms with Gasteiger partial charge in [-0.2, -0.15) is 0 Å². The maximum atomic E-state index is 11.9. The molecule has 0 saturated heterocycles. The minimum Gasteiger partial charge on any atom is -0.493 e. The molecule has 0 radical (unpaired) electrons. The van der Waals surface area contributed by atoms with Crippen molar-refractivity contribution in [1.82, 2.24) is 5.32 Å². The molecule has 0 fully saturated rings. The molecule has 3 N–H and O–H groups in total. The molecule has 0 atom stereocenters. The second kappa shape index (κ2) is 6.17. The van der Waals surface area contributed by atoms with Gasteiger partial charge in [-0.3, -0.25) is 4.79 Å². The first-order valence-corrected chi connectivity index (χ1v) is 6.49. The van der Waals surface area contributed by atoms with Crippen LogP contribution in [-0.2, 0) is 0 Å². The van der Waals surface area contributed by atoms with Crippen LogP contribution in [0.2, 0.25) is 0 Å². The average Bonchev–Trinajstić information content (AvgIpc) is 2.48. The summed E-state index contributed by atoms with van der Waals surface area (Å²) in [5.74, 6) is 1.27. The number of carbonyl (C=O) groups excluding carboxylic acids is 1. The van der Waals surface area contributed by atoms with Gasteiger partial charge >= 0.3 is 0 Å². The highest BCUT2D eigenvalue weighted by Crippen LogP contribution is 2.34. The van der Waals surface area contributed by atoms with Gasteiger partial charge in [-0.25, -0.2) is 0 Å². The minimum atomic E-state index is -0.240. The van der Waals surface area contributed by atoms with Crippen LogP contribution in [0.1, 0.15) is 15.9 Å². The average molecular weight is 286 g/mol. The topological polar surface area (TPSA) is 73.6 Å². The Labute approximate surface area is 123 Å². The third kappa shape index (κ3) is 3.25. The third-order valence-corrected chi connectivity index (χ3v) is 3.02. The number of anilines is 1. The van der Waals surface area contributed by atoms with Gasteiger partial charge in [0.15, 0.2) is 11.5 Å². The quantitative estimate of drug-likeness (QED) is 0.848. The molecule has 0 bridgehead atoms. The summed E-state index contributed by atoms with van der Waals surface area (Å²) >= 11 is 0. The van der Waals surface area contributed by atoms with Gasteiger partial charge in [-0.15, -0.1) is 0 Å². The van der Waals surface area contributed by atoms with Gasteiger partial charge in [0.25, 0.3) is 5.91 Å². The molecule has 2 aromatic rings. The van der Waals surface area contributed by atoms with Crippen LogP contribution in [0.4, 0.5) is 5.69 Å². The number of nitrogens with one attached hydrogen (secondary N) is 1. The molecule has 5 heteroatoms. The van der Waals surface area contributed by atoms with Crippen molar-refractivity contribution in [2.45, 2.75) is 6.92 Å². The number of hydrogen-bond acceptors (Lipinski definition) is 4. The SMILES string of the molecule is CNC(=O)c1ccc(N)cc1Oc1ccc(C)cc1OC. The number of rotatable bonds is 4. The first kappa shape index (κ1) is 14.7. The third-order valence-electron chi connectivity index (χ3n) is 3.02. The molecule has 0 aliphatic rings. The van der Waals surface area contributed by atoms with Crippen LogP contribution in [0.3, 0.4) is 0 Å². The van der Waals surface area contributed by atoms with Crippen LogP contribution in [0, 0.1) is 6.92 Å². The fourth-order valence-electron chi connectivity index (χ4n) is 1.92. The molecule has 0 aliphatic carbocycles. The molecule has 1 amide bonds. The van der Waals surface area contributed by atoms with Gasteiger partial charge in [0.05, 0.1) is 12.7 Å². The molecular weight excluding hydrogens is 268 g/mol. The number of nitrogen functional groups attached to an aromatic ring is 1. The lowest BCUT2D eigenvalue weighted by Gasteiger charge is -2.14. The summed E-state index contributed by atoms with van der Waals surface area (Å²) in [5.41, 5.74) is 7.76. The number of hydrogen-bond donors (Lipinski definition) is 2. The number of benzene rings is 2. The number of amides is 1. The molecule has 0 aliphatic heterocycles. The van der Waals surface area contributed by atoms with Crippen molar-refractivity contribution in [3.8, 4) is 17.2 Å². The van der Waals surface area contributed by atoms with Crippen molar-refractivity contribution in [2.75, 3.05) is 19.9 Å². The molecule has 110 valence electrons. The molecule has 2 aromatic carbocycles. The summed E-state index contributed by atoms with van der Waals surface area (Å²) in [6.07, 6.45) is 0. The van der Waals surface area contributed by atoms with Gasteiger partial charge in [0.2, 0.25) is 0 Å². The Hall–Kier alpha value is -2.69. The Balaban J connectivity index is 2.43. The van der Waals surface area contributed by atoms with Crippen LogP contribution >= 0.6 is 0 Å². The number of carbonyl (C=O) groups is 1. The normalized spacial score (nSPS) is 10.0. The smallest absolute Gasteiger partial charge is 0.254 e. The first-order chi connectivity index (χ1) is 10.0. The van der Waals surface area contributed by atoms with Crippen molar-refractivity contribution in [1.29, 1.82) is 0 Å². The largest absolute Gasteiger partial charge is 0.493 e. The Morgan fingerprint density at radius 2 is 1.86 bits per heavy atom. The summed E-state index contributed by atoms with van der Waals surface area (Å²) in [4.78, 5) is 11.9. The Kier molecular flexibility index (Phi) is 4.33. The summed E-state index contributed by atoms with van der Waals surface area (Å²) in [7, 11) is 3.13. The van der Waals surface area contributed by atoms with Crippen molar-refractivity contribution in [3.05, 3.63) is 47.5 Å². The standard InChI is InChI=1S/C16H18N2O3/c1-10-4-7-13(15(8-10)20-3)21-14-9-11(17)5-6-12(14)16(19)18-2/h4-9H,17H2,1-3H3,(H,18,19). The zero-order chi connectivity index (χ0) is 15.4. The van der Waals surface area contributed by atoms with Gasteiger partial charge in [0, 0.05) is 18.8 Å². The van der Waals surface area contributed by atoms with E-state index in [4.69, 9.17) is 15.2 Å². The van der Waals surface area contributed by atoms with Gasteiger partial charge in [-0.05, 0) is 36.8 Å². The van der Waals surface area contributed by atoms with E-state index in [0.717, 1.165) is 5.56 Å².